The summed E-state index contributed by atoms with van der Waals surface area (Å²) in [4.78, 5) is 21.0. The first-order valence-electron chi connectivity index (χ1n) is 13.6. The molecule has 0 atom stereocenters. The minimum atomic E-state index is -5.31. The van der Waals surface area contributed by atoms with E-state index in [1.807, 2.05) is 0 Å². The topological polar surface area (TPSA) is 270 Å². The molecule has 15 nitrogen and oxygen atoms in total. The number of guanidine groups is 2. The van der Waals surface area contributed by atoms with E-state index < -0.39 is 61.5 Å². The summed E-state index contributed by atoms with van der Waals surface area (Å²) in [6, 6.07) is 5.19. The molecule has 0 fully saturated rings. The van der Waals surface area contributed by atoms with E-state index in [-0.39, 0.29) is 79.6 Å². The fourth-order valence-corrected chi connectivity index (χ4v) is 8.33. The van der Waals surface area contributed by atoms with Gasteiger partial charge in [0.15, 0.2) is 29.2 Å². The lowest BCUT2D eigenvalue weighted by Crippen LogP contribution is -2.31. The predicted molar refractivity (Wildman–Crippen MR) is 168 cm³/mol. The Morgan fingerprint density at radius 2 is 1.67 bits per heavy atom. The minimum absolute atomic E-state index is 0.0870. The Balaban J connectivity index is 2.14. The lowest BCUT2D eigenvalue weighted by molar-refractivity contribution is 0.255. The molecule has 0 amide bonds. The summed E-state index contributed by atoms with van der Waals surface area (Å²) in [5.74, 6) is -3.85. The Kier molecular flexibility index (Phi) is 12.3. The maximum absolute atomic E-state index is 16.2. The number of fused-ring (bicyclic) bond motifs is 1. The van der Waals surface area contributed by atoms with Crippen molar-refractivity contribution in [3.8, 4) is 17.6 Å². The van der Waals surface area contributed by atoms with E-state index >= 15 is 4.39 Å². The average Bonchev–Trinajstić information content (AvgIpc) is 3.36. The molecule has 0 aliphatic heterocycles. The molecule has 1 heterocycles. The van der Waals surface area contributed by atoms with E-state index in [4.69, 9.17) is 37.0 Å². The molecule has 0 radical (unpaired) electrons. The summed E-state index contributed by atoms with van der Waals surface area (Å²) in [5.41, 5.74) is 10.4. The largest absolute Gasteiger partial charge is 0.489 e. The van der Waals surface area contributed by atoms with Crippen LogP contribution >= 0.6 is 18.9 Å². The number of sulfonamides is 1. The number of halogens is 2. The third-order valence-corrected chi connectivity index (χ3v) is 10.5. The molecule has 0 saturated carbocycles. The van der Waals surface area contributed by atoms with Gasteiger partial charge < -0.3 is 41.4 Å². The lowest BCUT2D eigenvalue weighted by atomic mass is 10.1. The molecule has 46 heavy (non-hydrogen) atoms. The zero-order valence-corrected chi connectivity index (χ0v) is 27.0. The minimum Gasteiger partial charge on any atom is -0.489 e. The van der Waals surface area contributed by atoms with Crippen LogP contribution in [0.25, 0.3) is 10.1 Å². The van der Waals surface area contributed by atoms with Crippen molar-refractivity contribution in [1.82, 2.24) is 15.4 Å². The van der Waals surface area contributed by atoms with Gasteiger partial charge in [0.05, 0.1) is 23.5 Å². The van der Waals surface area contributed by atoms with E-state index in [0.29, 0.717) is 11.3 Å². The highest BCUT2D eigenvalue weighted by molar-refractivity contribution is 7.91. The van der Waals surface area contributed by atoms with Gasteiger partial charge in [-0.25, -0.2) is 21.9 Å². The molecule has 20 heteroatoms. The first kappa shape index (κ1) is 36.4. The number of nitrogens with two attached hydrogens (primary N) is 2. The SMILES string of the molecule is CCc1c(S(=O)(=O)NCc2ccc(C#N)c(F)c2)sc2c(F)c(OCCCNC(=N)N)c(OCCCNC(=N)N)c(P(=O)(O)O)c12. The number of thiophene rings is 1. The number of hydrogen-bond acceptors (Lipinski definition) is 9. The van der Waals surface area contributed by atoms with Crippen LogP contribution in [-0.4, -0.2) is 56.4 Å². The van der Waals surface area contributed by atoms with Crippen LogP contribution in [0.1, 0.15) is 36.5 Å². The number of nitriles is 1. The average molecular weight is 703 g/mol. The van der Waals surface area contributed by atoms with Gasteiger partial charge in [-0.15, -0.1) is 11.3 Å². The molecule has 0 bridgehead atoms. The van der Waals surface area contributed by atoms with Crippen molar-refractivity contribution in [1.29, 1.82) is 16.1 Å². The molecule has 0 aliphatic carbocycles. The fraction of sp³-hybridized carbons (Fsp3) is 0.346. The highest BCUT2D eigenvalue weighted by atomic mass is 32.2. The van der Waals surface area contributed by atoms with E-state index in [0.717, 1.165) is 6.07 Å². The molecular weight excluding hydrogens is 669 g/mol. The number of hydrogen-bond donors (Lipinski definition) is 9. The second kappa shape index (κ2) is 15.5. The molecule has 0 unspecified atom stereocenters. The molecule has 3 rings (SSSR count). The van der Waals surface area contributed by atoms with Gasteiger partial charge in [0.25, 0.3) is 10.0 Å². The van der Waals surface area contributed by atoms with Crippen LogP contribution in [0.4, 0.5) is 8.78 Å². The van der Waals surface area contributed by atoms with Gasteiger partial charge >= 0.3 is 7.60 Å². The Labute approximate surface area is 267 Å². The number of aryl methyl sites for hydroxylation is 1. The van der Waals surface area contributed by atoms with Crippen LogP contribution in [0.2, 0.25) is 0 Å². The van der Waals surface area contributed by atoms with Crippen molar-refractivity contribution in [2.24, 2.45) is 11.5 Å². The summed E-state index contributed by atoms with van der Waals surface area (Å²) < 4.78 is 83.1. The Morgan fingerprint density at radius 1 is 1.09 bits per heavy atom. The smallest absolute Gasteiger partial charge is 0.360 e. The van der Waals surface area contributed by atoms with Crippen molar-refractivity contribution >= 4 is 56.3 Å². The van der Waals surface area contributed by atoms with Gasteiger partial charge in [0, 0.05) is 25.0 Å². The number of nitrogens with one attached hydrogen (secondary N) is 5. The van der Waals surface area contributed by atoms with Crippen LogP contribution in [-0.2, 0) is 27.6 Å². The maximum atomic E-state index is 16.2. The molecule has 0 aliphatic rings. The second-order valence-corrected chi connectivity index (χ2v) is 14.1. The zero-order valence-electron chi connectivity index (χ0n) is 24.4. The Bertz CT molecular complexity index is 1830. The van der Waals surface area contributed by atoms with E-state index in [9.17, 15) is 27.2 Å². The predicted octanol–water partition coefficient (Wildman–Crippen LogP) is 1.40. The standard InChI is InChI=1S/C26H33F2N8O7PS2/c1-2-16-18-22(44(37,38)39)21(43-10-4-8-35-26(32)33)20(42-9-3-7-34-25(30)31)19(28)23(18)45-24(16)46(40,41)36-13-14-5-6-15(12-29)17(27)11-14/h5-6,11,36H,2-4,7-10,13H2,1H3,(H4,30,31,34)(H4,32,33,35)(H2,37,38,39). The molecule has 11 N–H and O–H groups in total. The van der Waals surface area contributed by atoms with Crippen LogP contribution in [0, 0.1) is 33.8 Å². The third-order valence-electron chi connectivity index (χ3n) is 6.30. The summed E-state index contributed by atoms with van der Waals surface area (Å²) in [6.07, 6.45) is 0.271. The molecular formula is C26H33F2N8O7PS2. The third kappa shape index (κ3) is 8.81. The van der Waals surface area contributed by atoms with Gasteiger partial charge in [0.1, 0.15) is 21.4 Å². The fourth-order valence-electron chi connectivity index (χ4n) is 4.29. The highest BCUT2D eigenvalue weighted by Crippen LogP contribution is 2.50. The van der Waals surface area contributed by atoms with Gasteiger partial charge in [-0.2, -0.15) is 5.26 Å². The maximum Gasteiger partial charge on any atom is 0.360 e. The Morgan fingerprint density at radius 3 is 2.17 bits per heavy atom. The van der Waals surface area contributed by atoms with Gasteiger partial charge in [-0.05, 0) is 42.5 Å². The highest BCUT2D eigenvalue weighted by Gasteiger charge is 2.37. The molecule has 2 aromatic carbocycles. The van der Waals surface area contributed by atoms with E-state index in [1.165, 1.54) is 19.1 Å². The van der Waals surface area contributed by atoms with Gasteiger partial charge in [0.2, 0.25) is 0 Å². The van der Waals surface area contributed by atoms with Crippen molar-refractivity contribution in [3.63, 3.8) is 0 Å². The number of ether oxygens (including phenoxy) is 2. The van der Waals surface area contributed by atoms with Crippen LogP contribution < -0.4 is 41.6 Å². The molecule has 3 aromatic rings. The normalized spacial score (nSPS) is 11.7. The number of rotatable bonds is 16. The first-order chi connectivity index (χ1) is 21.6. The van der Waals surface area contributed by atoms with Crippen molar-refractivity contribution in [2.75, 3.05) is 26.3 Å². The summed E-state index contributed by atoms with van der Waals surface area (Å²) >= 11 is 0.436. The summed E-state index contributed by atoms with van der Waals surface area (Å²) in [5, 5.41) is 27.4. The zero-order chi connectivity index (χ0) is 34.2. The van der Waals surface area contributed by atoms with Crippen LogP contribution in [0.5, 0.6) is 11.5 Å². The molecule has 250 valence electrons. The van der Waals surface area contributed by atoms with Gasteiger partial charge in [-0.3, -0.25) is 15.4 Å². The van der Waals surface area contributed by atoms with Crippen LogP contribution in [0.15, 0.2) is 22.4 Å². The van der Waals surface area contributed by atoms with Crippen molar-refractivity contribution in [3.05, 3.63) is 46.5 Å². The van der Waals surface area contributed by atoms with E-state index in [1.54, 1.807) is 6.07 Å². The first-order valence-corrected chi connectivity index (χ1v) is 17.5. The van der Waals surface area contributed by atoms with Crippen LogP contribution in [0.3, 0.4) is 0 Å². The van der Waals surface area contributed by atoms with Gasteiger partial charge in [-0.1, -0.05) is 13.0 Å². The van der Waals surface area contributed by atoms with Crippen molar-refractivity contribution in [2.45, 2.75) is 36.9 Å². The molecule has 1 aromatic heterocycles. The molecule has 0 spiro atoms. The summed E-state index contributed by atoms with van der Waals surface area (Å²) in [7, 11) is -9.77. The van der Waals surface area contributed by atoms with Crippen molar-refractivity contribution < 1.29 is 41.0 Å². The van der Waals surface area contributed by atoms with E-state index in [2.05, 4.69) is 15.4 Å². The monoisotopic (exact) mass is 702 g/mol. The Hall–Kier alpha value is -4.05. The number of nitrogens with zero attached hydrogens (tertiary/aromatic N) is 1. The summed E-state index contributed by atoms with van der Waals surface area (Å²) in [6.45, 7) is 1.01. The second-order valence-electron chi connectivity index (χ2n) is 9.63. The lowest BCUT2D eigenvalue weighted by Gasteiger charge is -2.20. The molecule has 0 saturated heterocycles. The number of benzene rings is 2. The quantitative estimate of drug-likeness (QED) is 0.0444.